The second-order valence-corrected chi connectivity index (χ2v) is 2.34. The molecule has 0 aliphatic carbocycles. The van der Waals surface area contributed by atoms with Crippen molar-refractivity contribution < 1.29 is 0 Å². The van der Waals surface area contributed by atoms with E-state index in [1.54, 1.807) is 0 Å². The van der Waals surface area contributed by atoms with Crippen LogP contribution < -0.4 is 5.73 Å². The van der Waals surface area contributed by atoms with Gasteiger partial charge in [0.05, 0.1) is 7.74 Å². The van der Waals surface area contributed by atoms with E-state index in [9.17, 15) is 0 Å². The fourth-order valence-corrected chi connectivity index (χ4v) is 0. The number of hydrogen-bond donors (Lipinski definition) is 1. The summed E-state index contributed by atoms with van der Waals surface area (Å²) >= 11 is 0. The summed E-state index contributed by atoms with van der Waals surface area (Å²) in [5.74, 6) is 0. The van der Waals surface area contributed by atoms with E-state index in [1.807, 2.05) is 13.8 Å². The lowest BCUT2D eigenvalue weighted by Gasteiger charge is -2.12. The van der Waals surface area contributed by atoms with Crippen molar-refractivity contribution in [3.05, 3.63) is 0 Å². The van der Waals surface area contributed by atoms with Crippen LogP contribution in [0.15, 0.2) is 0 Å². The lowest BCUT2D eigenvalue weighted by atomic mass is 9.44. The number of nitrogens with two attached hydrogens (primary N) is 1. The highest BCUT2D eigenvalue weighted by atomic mass is 14.6. The highest BCUT2D eigenvalue weighted by molar-refractivity contribution is 6.91. The molecule has 0 amide bonds. The molecule has 1 nitrogen and oxygen atoms in total. The van der Waals surface area contributed by atoms with Gasteiger partial charge in [0.25, 0.3) is 0 Å². The molecule has 0 saturated heterocycles. The highest BCUT2D eigenvalue weighted by Gasteiger charge is 2.05. The van der Waals surface area contributed by atoms with Crippen LogP contribution in [0.4, 0.5) is 0 Å². The van der Waals surface area contributed by atoms with E-state index in [2.05, 4.69) is 7.74 Å². The van der Waals surface area contributed by atoms with Gasteiger partial charge >= 0.3 is 0 Å². The van der Waals surface area contributed by atoms with Gasteiger partial charge in [-0.3, -0.25) is 0 Å². The maximum absolute atomic E-state index is 5.53. The minimum atomic E-state index is 0.0417. The average molecular weight is 82.8 g/mol. The largest absolute Gasteiger partial charge is 0.333 e. The zero-order valence-electron chi connectivity index (χ0n) is 4.78. The normalized spacial score (nSPS) is 11.2. The van der Waals surface area contributed by atoms with E-state index >= 15 is 0 Å². The summed E-state index contributed by atoms with van der Waals surface area (Å²) in [5, 5.41) is 0. The molecule has 0 fully saturated rings. The zero-order valence-corrected chi connectivity index (χ0v) is 4.78. The van der Waals surface area contributed by atoms with E-state index < -0.39 is 0 Å². The Hall–Kier alpha value is 0.0899. The quantitative estimate of drug-likeness (QED) is 0.390. The zero-order chi connectivity index (χ0) is 5.21. The Morgan fingerprint density at radius 2 is 1.83 bits per heavy atom. The maximum Gasteiger partial charge on any atom is 0.107 e. The summed E-state index contributed by atoms with van der Waals surface area (Å²) in [6.07, 6.45) is 0. The predicted octanol–water partition coefficient (Wildman–Crippen LogP) is -1.33. The van der Waals surface area contributed by atoms with Gasteiger partial charge in [-0.2, -0.15) is 0 Å². The SMILES string of the molecule is BBC(C)(C)N. The van der Waals surface area contributed by atoms with Crippen LogP contribution in [0, 0.1) is 0 Å². The van der Waals surface area contributed by atoms with Crippen molar-refractivity contribution in [3.63, 3.8) is 0 Å². The topological polar surface area (TPSA) is 26.0 Å². The Morgan fingerprint density at radius 1 is 1.67 bits per heavy atom. The molecule has 0 saturated carbocycles. The molecule has 6 heavy (non-hydrogen) atoms. The summed E-state index contributed by atoms with van der Waals surface area (Å²) in [6.45, 7) is 4.04. The van der Waals surface area contributed by atoms with Crippen LogP contribution in [0.25, 0.3) is 0 Å². The van der Waals surface area contributed by atoms with Gasteiger partial charge in [-0.15, -0.1) is 0 Å². The van der Waals surface area contributed by atoms with E-state index in [-0.39, 0.29) is 5.44 Å². The molecule has 2 N–H and O–H groups in total. The van der Waals surface area contributed by atoms with E-state index in [0.29, 0.717) is 0 Å². The molecule has 0 aromatic heterocycles. The molecule has 0 aromatic carbocycles. The van der Waals surface area contributed by atoms with Crippen LogP contribution in [0.5, 0.6) is 0 Å². The van der Waals surface area contributed by atoms with Crippen molar-refractivity contribution in [1.82, 2.24) is 0 Å². The Balaban J connectivity index is 3.17. The van der Waals surface area contributed by atoms with Gasteiger partial charge in [-0.25, -0.2) is 0 Å². The minimum absolute atomic E-state index is 0.0417. The lowest BCUT2D eigenvalue weighted by Crippen LogP contribution is -2.39. The van der Waals surface area contributed by atoms with E-state index in [0.717, 1.165) is 7.17 Å². The van der Waals surface area contributed by atoms with Crippen LogP contribution in [-0.4, -0.2) is 20.3 Å². The number of hydrogen-bond acceptors (Lipinski definition) is 1. The third-order valence-electron chi connectivity index (χ3n) is 0.911. The first kappa shape index (κ1) is 6.09. The van der Waals surface area contributed by atoms with Gasteiger partial charge in [0, 0.05) is 0 Å². The molecule has 0 atom stereocenters. The van der Waals surface area contributed by atoms with Gasteiger partial charge in [0.2, 0.25) is 0 Å². The first-order valence-electron chi connectivity index (χ1n) is 2.35. The summed E-state index contributed by atoms with van der Waals surface area (Å²) in [7, 11) is 3.13. The van der Waals surface area contributed by atoms with Crippen LogP contribution >= 0.6 is 0 Å². The van der Waals surface area contributed by atoms with Crippen molar-refractivity contribution in [2.75, 3.05) is 0 Å². The average Bonchev–Trinajstić information content (AvgIpc) is 1.35. The molecular weight excluding hydrogens is 71.7 g/mol. The molecule has 0 aliphatic heterocycles. The summed E-state index contributed by atoms with van der Waals surface area (Å²) in [4.78, 5) is 0. The Labute approximate surface area is 40.9 Å². The van der Waals surface area contributed by atoms with Gasteiger partial charge in [0.15, 0.2) is 0 Å². The van der Waals surface area contributed by atoms with Crippen LogP contribution in [0.1, 0.15) is 13.8 Å². The molecule has 0 rings (SSSR count). The Bertz CT molecular complexity index is 38.5. The van der Waals surface area contributed by atoms with E-state index in [1.165, 1.54) is 0 Å². The van der Waals surface area contributed by atoms with Crippen LogP contribution in [0.2, 0.25) is 0 Å². The third-order valence-corrected chi connectivity index (χ3v) is 0.911. The smallest absolute Gasteiger partial charge is 0.107 e. The molecule has 0 spiro atoms. The van der Waals surface area contributed by atoms with Gasteiger partial charge in [-0.05, 0) is 5.44 Å². The van der Waals surface area contributed by atoms with Crippen molar-refractivity contribution in [2.45, 2.75) is 19.3 Å². The van der Waals surface area contributed by atoms with Gasteiger partial charge in [-0.1, -0.05) is 13.8 Å². The molecule has 0 heterocycles. The lowest BCUT2D eigenvalue weighted by molar-refractivity contribution is 0.737. The van der Waals surface area contributed by atoms with Crippen molar-refractivity contribution >= 4 is 14.9 Å². The van der Waals surface area contributed by atoms with E-state index in [4.69, 9.17) is 5.73 Å². The second-order valence-electron chi connectivity index (χ2n) is 2.34. The summed E-state index contributed by atoms with van der Waals surface area (Å²) in [6, 6.07) is 0. The summed E-state index contributed by atoms with van der Waals surface area (Å²) < 4.78 is 0. The fraction of sp³-hybridized carbons (Fsp3) is 1.00. The molecule has 0 aromatic rings. The Morgan fingerprint density at radius 3 is 1.83 bits per heavy atom. The van der Waals surface area contributed by atoms with Gasteiger partial charge in [0.1, 0.15) is 7.17 Å². The first-order valence-corrected chi connectivity index (χ1v) is 2.35. The molecule has 0 radical (unpaired) electrons. The molecule has 3 heteroatoms. The van der Waals surface area contributed by atoms with Crippen molar-refractivity contribution in [1.29, 1.82) is 0 Å². The molecule has 0 unspecified atom stereocenters. The number of rotatable bonds is 1. The van der Waals surface area contributed by atoms with Gasteiger partial charge < -0.3 is 5.73 Å². The maximum atomic E-state index is 5.53. The van der Waals surface area contributed by atoms with Crippen LogP contribution in [0.3, 0.4) is 0 Å². The molecule has 0 aliphatic rings. The van der Waals surface area contributed by atoms with Crippen molar-refractivity contribution in [3.8, 4) is 0 Å². The highest BCUT2D eigenvalue weighted by Crippen LogP contribution is 1.86. The van der Waals surface area contributed by atoms with Crippen LogP contribution in [-0.2, 0) is 0 Å². The monoisotopic (exact) mass is 83.1 g/mol. The fourth-order valence-electron chi connectivity index (χ4n) is 0. The molecular formula is C3H11B2N. The predicted molar refractivity (Wildman–Crippen MR) is 34.0 cm³/mol. The first-order chi connectivity index (χ1) is 2.56. The van der Waals surface area contributed by atoms with Crippen molar-refractivity contribution in [2.24, 2.45) is 5.73 Å². The third kappa shape index (κ3) is 4.09. The standard InChI is InChI=1S/C3H11B2N/c1-3(2,6)5-4/h5H,4,6H2,1-2H3. The molecule has 34 valence electrons. The summed E-state index contributed by atoms with van der Waals surface area (Å²) in [5.41, 5.74) is 5.58. The molecule has 0 bridgehead atoms. The Kier molecular flexibility index (Phi) is 1.72. The second kappa shape index (κ2) is 1.69. The minimum Gasteiger partial charge on any atom is -0.333 e.